The first-order valence-electron chi connectivity index (χ1n) is 4.52. The van der Waals surface area contributed by atoms with E-state index < -0.39 is 0 Å². The van der Waals surface area contributed by atoms with E-state index in [0.717, 1.165) is 25.3 Å². The first-order chi connectivity index (χ1) is 6.25. The molecule has 1 aliphatic rings. The van der Waals surface area contributed by atoms with Crippen LogP contribution in [-0.2, 0) is 6.54 Å². The summed E-state index contributed by atoms with van der Waals surface area (Å²) >= 11 is 0. The van der Waals surface area contributed by atoms with E-state index in [0.29, 0.717) is 6.04 Å². The van der Waals surface area contributed by atoms with Crippen LogP contribution in [0.2, 0.25) is 0 Å². The molecule has 0 bridgehead atoms. The van der Waals surface area contributed by atoms with Gasteiger partial charge in [-0.25, -0.2) is 4.68 Å². The molecule has 13 heavy (non-hydrogen) atoms. The number of nitrogens with one attached hydrogen (secondary N) is 1. The molecule has 0 spiro atoms. The van der Waals surface area contributed by atoms with Crippen molar-refractivity contribution in [3.63, 3.8) is 0 Å². The Morgan fingerprint density at radius 2 is 2.38 bits per heavy atom. The van der Waals surface area contributed by atoms with E-state index >= 15 is 0 Å². The Bertz CT molecular complexity index is 276. The molecule has 1 aromatic heterocycles. The highest BCUT2D eigenvalue weighted by Gasteiger charge is 2.19. The van der Waals surface area contributed by atoms with Gasteiger partial charge in [0.25, 0.3) is 0 Å². The van der Waals surface area contributed by atoms with Gasteiger partial charge in [-0.2, -0.15) is 0 Å². The molecule has 5 heteroatoms. The summed E-state index contributed by atoms with van der Waals surface area (Å²) in [5.74, 6) is 0. The highest BCUT2D eigenvalue weighted by Crippen LogP contribution is 2.09. The van der Waals surface area contributed by atoms with E-state index in [1.165, 1.54) is 0 Å². The van der Waals surface area contributed by atoms with Crippen molar-refractivity contribution in [3.8, 4) is 0 Å². The van der Waals surface area contributed by atoms with Crippen molar-refractivity contribution in [1.29, 1.82) is 0 Å². The van der Waals surface area contributed by atoms with Crippen LogP contribution in [0.5, 0.6) is 0 Å². The Hall–Kier alpha value is -0.940. The van der Waals surface area contributed by atoms with Crippen LogP contribution in [0.15, 0.2) is 6.20 Å². The Balaban J connectivity index is 2.00. The first-order valence-corrected chi connectivity index (χ1v) is 4.52. The van der Waals surface area contributed by atoms with Crippen LogP contribution >= 0.6 is 0 Å². The highest BCUT2D eigenvalue weighted by molar-refractivity contribution is 4.94. The van der Waals surface area contributed by atoms with Crippen LogP contribution < -0.4 is 5.32 Å². The molecule has 0 saturated carbocycles. The molecule has 0 aromatic carbocycles. The van der Waals surface area contributed by atoms with Gasteiger partial charge < -0.3 is 10.2 Å². The third kappa shape index (κ3) is 1.87. The smallest absolute Gasteiger partial charge is 0.0967 e. The van der Waals surface area contributed by atoms with Gasteiger partial charge in [-0.15, -0.1) is 5.10 Å². The maximum absolute atomic E-state index is 4.10. The van der Waals surface area contributed by atoms with Crippen molar-refractivity contribution in [2.24, 2.45) is 0 Å². The van der Waals surface area contributed by atoms with E-state index in [2.05, 4.69) is 20.5 Å². The Morgan fingerprint density at radius 1 is 1.62 bits per heavy atom. The molecule has 0 amide bonds. The molecule has 0 atom stereocenters. The third-order valence-electron chi connectivity index (χ3n) is 2.17. The number of nitrogens with zero attached hydrogens (tertiary/aromatic N) is 4. The number of aromatic nitrogens is 3. The molecule has 1 aliphatic heterocycles. The summed E-state index contributed by atoms with van der Waals surface area (Å²) < 4.78 is 1.95. The van der Waals surface area contributed by atoms with E-state index in [4.69, 9.17) is 0 Å². The summed E-state index contributed by atoms with van der Waals surface area (Å²) in [5.41, 5.74) is 1.04. The predicted molar refractivity (Wildman–Crippen MR) is 49.3 cm³/mol. The fourth-order valence-corrected chi connectivity index (χ4v) is 1.35. The van der Waals surface area contributed by atoms with Gasteiger partial charge in [0.15, 0.2) is 0 Å². The minimum atomic E-state index is 0.517. The largest absolute Gasteiger partial charge is 0.312 e. The van der Waals surface area contributed by atoms with Gasteiger partial charge in [0, 0.05) is 19.6 Å². The maximum Gasteiger partial charge on any atom is 0.0967 e. The monoisotopic (exact) mass is 181 g/mol. The Kier molecular flexibility index (Phi) is 2.28. The van der Waals surface area contributed by atoms with Crippen molar-refractivity contribution in [3.05, 3.63) is 11.9 Å². The highest BCUT2D eigenvalue weighted by atomic mass is 15.5. The summed E-state index contributed by atoms with van der Waals surface area (Å²) in [6.07, 6.45) is 2.03. The van der Waals surface area contributed by atoms with Gasteiger partial charge in [-0.05, 0) is 14.1 Å². The lowest BCUT2D eigenvalue weighted by molar-refractivity contribution is 0.312. The zero-order valence-electron chi connectivity index (χ0n) is 8.06. The van der Waals surface area contributed by atoms with E-state index in [-0.39, 0.29) is 0 Å². The zero-order chi connectivity index (χ0) is 9.26. The summed E-state index contributed by atoms with van der Waals surface area (Å²) in [7, 11) is 4.06. The van der Waals surface area contributed by atoms with Gasteiger partial charge >= 0.3 is 0 Å². The fraction of sp³-hybridized carbons (Fsp3) is 0.750. The average molecular weight is 181 g/mol. The summed E-state index contributed by atoms with van der Waals surface area (Å²) in [4.78, 5) is 2.09. The second kappa shape index (κ2) is 3.43. The van der Waals surface area contributed by atoms with Crippen molar-refractivity contribution >= 4 is 0 Å². The third-order valence-corrected chi connectivity index (χ3v) is 2.17. The topological polar surface area (TPSA) is 46.0 Å². The van der Waals surface area contributed by atoms with Crippen LogP contribution in [-0.4, -0.2) is 47.1 Å². The van der Waals surface area contributed by atoms with Crippen molar-refractivity contribution in [2.75, 3.05) is 27.2 Å². The standard InChI is InChI=1S/C8H15N5/c1-12(2)5-7-6-13(11-10-7)8-3-9-4-8/h6,8-9H,3-5H2,1-2H3. The molecule has 5 nitrogen and oxygen atoms in total. The lowest BCUT2D eigenvalue weighted by Gasteiger charge is -2.26. The summed E-state index contributed by atoms with van der Waals surface area (Å²) in [5, 5.41) is 11.4. The quantitative estimate of drug-likeness (QED) is 0.682. The average Bonchev–Trinajstić information content (AvgIpc) is 2.31. The lowest BCUT2D eigenvalue weighted by atomic mass is 10.2. The summed E-state index contributed by atoms with van der Waals surface area (Å²) in [6, 6.07) is 0.517. The molecule has 1 saturated heterocycles. The maximum atomic E-state index is 4.10. The SMILES string of the molecule is CN(C)Cc1cn(C2CNC2)nn1. The number of hydrogen-bond donors (Lipinski definition) is 1. The Labute approximate surface area is 77.7 Å². The lowest BCUT2D eigenvalue weighted by Crippen LogP contribution is -2.43. The second-order valence-corrected chi connectivity index (χ2v) is 3.74. The molecule has 0 aliphatic carbocycles. The van der Waals surface area contributed by atoms with Gasteiger partial charge in [0.1, 0.15) is 0 Å². The van der Waals surface area contributed by atoms with Gasteiger partial charge in [0.2, 0.25) is 0 Å². The molecule has 1 aromatic rings. The summed E-state index contributed by atoms with van der Waals surface area (Å²) in [6.45, 7) is 2.90. The predicted octanol–water partition coefficient (Wildman–Crippen LogP) is -0.516. The molecule has 0 radical (unpaired) electrons. The minimum Gasteiger partial charge on any atom is -0.312 e. The van der Waals surface area contributed by atoms with Crippen molar-refractivity contribution in [2.45, 2.75) is 12.6 Å². The van der Waals surface area contributed by atoms with Crippen molar-refractivity contribution < 1.29 is 0 Å². The number of hydrogen-bond acceptors (Lipinski definition) is 4. The van der Waals surface area contributed by atoms with Crippen LogP contribution in [0.4, 0.5) is 0 Å². The van der Waals surface area contributed by atoms with Crippen LogP contribution in [0.25, 0.3) is 0 Å². The molecule has 1 fully saturated rings. The van der Waals surface area contributed by atoms with E-state index in [1.807, 2.05) is 25.0 Å². The molecule has 0 unspecified atom stereocenters. The van der Waals surface area contributed by atoms with E-state index in [1.54, 1.807) is 0 Å². The zero-order valence-corrected chi connectivity index (χ0v) is 8.06. The van der Waals surface area contributed by atoms with Crippen LogP contribution in [0, 0.1) is 0 Å². The number of rotatable bonds is 3. The van der Waals surface area contributed by atoms with Crippen molar-refractivity contribution in [1.82, 2.24) is 25.2 Å². The van der Waals surface area contributed by atoms with E-state index in [9.17, 15) is 0 Å². The molecular formula is C8H15N5. The van der Waals surface area contributed by atoms with Crippen LogP contribution in [0.1, 0.15) is 11.7 Å². The van der Waals surface area contributed by atoms with Gasteiger partial charge in [-0.1, -0.05) is 5.21 Å². The first kappa shape index (κ1) is 8.65. The fourth-order valence-electron chi connectivity index (χ4n) is 1.35. The Morgan fingerprint density at radius 3 is 2.92 bits per heavy atom. The normalized spacial score (nSPS) is 17.8. The second-order valence-electron chi connectivity index (χ2n) is 3.74. The minimum absolute atomic E-state index is 0.517. The molecule has 72 valence electrons. The molecule has 2 heterocycles. The van der Waals surface area contributed by atoms with Gasteiger partial charge in [0.05, 0.1) is 17.9 Å². The molecule has 2 rings (SSSR count). The molecule has 1 N–H and O–H groups in total. The van der Waals surface area contributed by atoms with Gasteiger partial charge in [-0.3, -0.25) is 0 Å². The molecular weight excluding hydrogens is 166 g/mol. The van der Waals surface area contributed by atoms with Crippen LogP contribution in [0.3, 0.4) is 0 Å².